The van der Waals surface area contributed by atoms with Crippen molar-refractivity contribution in [2.45, 2.75) is 19.5 Å². The van der Waals surface area contributed by atoms with Gasteiger partial charge in [0, 0.05) is 16.8 Å². The van der Waals surface area contributed by atoms with Crippen molar-refractivity contribution in [3.8, 4) is 17.1 Å². The maximum atomic E-state index is 14.4. The lowest BCUT2D eigenvalue weighted by Gasteiger charge is -2.35. The predicted molar refractivity (Wildman–Crippen MR) is 129 cm³/mol. The normalized spacial score (nSPS) is 15.8. The molecular formula is C27H23FN4O3. The van der Waals surface area contributed by atoms with Crippen LogP contribution in [-0.4, -0.2) is 28.2 Å². The van der Waals surface area contributed by atoms with Crippen molar-refractivity contribution in [2.75, 3.05) is 7.11 Å². The van der Waals surface area contributed by atoms with Gasteiger partial charge < -0.3 is 14.6 Å². The molecule has 176 valence electrons. The Labute approximate surface area is 201 Å². The van der Waals surface area contributed by atoms with Gasteiger partial charge in [-0.05, 0) is 30.7 Å². The predicted octanol–water partition coefficient (Wildman–Crippen LogP) is 5.58. The number of hydrogen-bond donors (Lipinski definition) is 1. The molecule has 35 heavy (non-hydrogen) atoms. The Morgan fingerprint density at radius 2 is 1.74 bits per heavy atom. The van der Waals surface area contributed by atoms with Gasteiger partial charge in [0.15, 0.2) is 0 Å². The van der Waals surface area contributed by atoms with Crippen molar-refractivity contribution >= 4 is 11.6 Å². The zero-order chi connectivity index (χ0) is 24.4. The molecular weight excluding hydrogens is 447 g/mol. The Morgan fingerprint density at radius 3 is 2.46 bits per heavy atom. The van der Waals surface area contributed by atoms with Crippen LogP contribution in [0, 0.1) is 5.82 Å². The Kier molecular flexibility index (Phi) is 6.01. The van der Waals surface area contributed by atoms with Crippen LogP contribution in [0.1, 0.15) is 30.0 Å². The summed E-state index contributed by atoms with van der Waals surface area (Å²) < 4.78 is 25.4. The van der Waals surface area contributed by atoms with Crippen LogP contribution in [-0.2, 0) is 6.54 Å². The minimum absolute atomic E-state index is 0.0584. The zero-order valence-electron chi connectivity index (χ0n) is 19.2. The molecule has 1 atom stereocenters. The standard InChI is InChI=1S/C27H23FN4O3/c1-17-23(26-30-25(31-35-26)19-8-4-3-5-9-19)24(18-12-14-21(34-2)15-13-18)29-27(33)32(17)16-20-10-6-7-11-22(20)28/h3-15,24H,16H2,1-2H3,(H,29,33). The van der Waals surface area contributed by atoms with E-state index in [0.717, 1.165) is 11.1 Å². The smallest absolute Gasteiger partial charge is 0.322 e. The molecule has 4 aromatic rings. The molecule has 1 aliphatic heterocycles. The summed E-state index contributed by atoms with van der Waals surface area (Å²) in [6.45, 7) is 1.86. The van der Waals surface area contributed by atoms with Crippen LogP contribution in [0.2, 0.25) is 0 Å². The molecule has 0 saturated carbocycles. The quantitative estimate of drug-likeness (QED) is 0.398. The van der Waals surface area contributed by atoms with E-state index in [1.165, 1.54) is 11.0 Å². The Balaban J connectivity index is 1.60. The highest BCUT2D eigenvalue weighted by Gasteiger charge is 2.36. The van der Waals surface area contributed by atoms with Gasteiger partial charge in [-0.15, -0.1) is 0 Å². The van der Waals surface area contributed by atoms with E-state index in [0.29, 0.717) is 28.4 Å². The first-order valence-corrected chi connectivity index (χ1v) is 11.1. The third-order valence-electron chi connectivity index (χ3n) is 6.02. The molecule has 0 bridgehead atoms. The van der Waals surface area contributed by atoms with Crippen LogP contribution in [0.4, 0.5) is 9.18 Å². The van der Waals surface area contributed by atoms with E-state index in [2.05, 4.69) is 15.5 Å². The van der Waals surface area contributed by atoms with Crippen LogP contribution in [0.5, 0.6) is 5.75 Å². The Hall–Kier alpha value is -4.46. The minimum Gasteiger partial charge on any atom is -0.497 e. The fraction of sp³-hybridized carbons (Fsp3) is 0.148. The second kappa shape index (κ2) is 9.42. The molecule has 8 heteroatoms. The second-order valence-corrected chi connectivity index (χ2v) is 8.12. The molecule has 5 rings (SSSR count). The first-order valence-electron chi connectivity index (χ1n) is 11.1. The Morgan fingerprint density at radius 1 is 1.03 bits per heavy atom. The van der Waals surface area contributed by atoms with E-state index in [-0.39, 0.29) is 24.3 Å². The first-order chi connectivity index (χ1) is 17.0. The fourth-order valence-corrected chi connectivity index (χ4v) is 4.13. The van der Waals surface area contributed by atoms with Gasteiger partial charge >= 0.3 is 6.03 Å². The van der Waals surface area contributed by atoms with Gasteiger partial charge in [0.2, 0.25) is 5.82 Å². The number of nitrogens with one attached hydrogen (secondary N) is 1. The van der Waals surface area contributed by atoms with Crippen molar-refractivity contribution in [3.63, 3.8) is 0 Å². The van der Waals surface area contributed by atoms with Crippen LogP contribution >= 0.6 is 0 Å². The number of rotatable bonds is 6. The molecule has 1 aromatic heterocycles. The number of benzene rings is 3. The number of hydrogen-bond acceptors (Lipinski definition) is 5. The maximum absolute atomic E-state index is 14.4. The topological polar surface area (TPSA) is 80.5 Å². The first kappa shape index (κ1) is 22.3. The number of methoxy groups -OCH3 is 1. The third-order valence-corrected chi connectivity index (χ3v) is 6.02. The van der Waals surface area contributed by atoms with Crippen molar-refractivity contribution in [1.82, 2.24) is 20.4 Å². The molecule has 0 radical (unpaired) electrons. The third kappa shape index (κ3) is 4.38. The average Bonchev–Trinajstić information content (AvgIpc) is 3.37. The minimum atomic E-state index is -0.547. The van der Waals surface area contributed by atoms with Crippen LogP contribution in [0.15, 0.2) is 89.1 Å². The van der Waals surface area contributed by atoms with E-state index in [9.17, 15) is 9.18 Å². The van der Waals surface area contributed by atoms with Crippen LogP contribution < -0.4 is 10.1 Å². The summed E-state index contributed by atoms with van der Waals surface area (Å²) in [5, 5.41) is 7.19. The van der Waals surface area contributed by atoms with E-state index >= 15 is 0 Å². The summed E-state index contributed by atoms with van der Waals surface area (Å²) in [7, 11) is 1.59. The fourth-order valence-electron chi connectivity index (χ4n) is 4.13. The number of halogens is 1. The van der Waals surface area contributed by atoms with Gasteiger partial charge in [-0.3, -0.25) is 4.90 Å². The molecule has 0 saturated heterocycles. The van der Waals surface area contributed by atoms with Gasteiger partial charge in [-0.1, -0.05) is 65.8 Å². The summed E-state index contributed by atoms with van der Waals surface area (Å²) in [5.74, 6) is 1.03. The molecule has 0 fully saturated rings. The second-order valence-electron chi connectivity index (χ2n) is 8.12. The summed E-state index contributed by atoms with van der Waals surface area (Å²) >= 11 is 0. The van der Waals surface area contributed by atoms with Gasteiger partial charge in [-0.25, -0.2) is 9.18 Å². The SMILES string of the molecule is COc1ccc(C2NC(=O)N(Cc3ccccc3F)C(C)=C2c2nc(-c3ccccc3)no2)cc1. The number of ether oxygens (including phenoxy) is 1. The largest absolute Gasteiger partial charge is 0.497 e. The van der Waals surface area contributed by atoms with E-state index in [1.807, 2.05) is 54.6 Å². The van der Waals surface area contributed by atoms with Gasteiger partial charge in [-0.2, -0.15) is 4.98 Å². The highest BCUT2D eigenvalue weighted by Crippen LogP contribution is 2.38. The number of allylic oxidation sites excluding steroid dienone is 1. The van der Waals surface area contributed by atoms with Crippen molar-refractivity contribution in [3.05, 3.63) is 107 Å². The molecule has 0 aliphatic carbocycles. The van der Waals surface area contributed by atoms with E-state index in [4.69, 9.17) is 9.26 Å². The van der Waals surface area contributed by atoms with Crippen molar-refractivity contribution in [1.29, 1.82) is 0 Å². The monoisotopic (exact) mass is 470 g/mol. The van der Waals surface area contributed by atoms with Gasteiger partial charge in [0.05, 0.1) is 25.3 Å². The average molecular weight is 471 g/mol. The van der Waals surface area contributed by atoms with E-state index < -0.39 is 6.04 Å². The number of aromatic nitrogens is 2. The summed E-state index contributed by atoms with van der Waals surface area (Å²) in [6, 6.07) is 22.4. The van der Waals surface area contributed by atoms with Crippen molar-refractivity contribution in [2.24, 2.45) is 0 Å². The molecule has 1 unspecified atom stereocenters. The van der Waals surface area contributed by atoms with E-state index in [1.54, 1.807) is 32.2 Å². The molecule has 2 heterocycles. The summed E-state index contributed by atoms with van der Waals surface area (Å²) in [5.41, 5.74) is 3.27. The molecule has 1 aliphatic rings. The highest BCUT2D eigenvalue weighted by molar-refractivity contribution is 5.87. The molecule has 0 spiro atoms. The lowest BCUT2D eigenvalue weighted by atomic mass is 9.94. The van der Waals surface area contributed by atoms with Crippen molar-refractivity contribution < 1.29 is 18.4 Å². The summed E-state index contributed by atoms with van der Waals surface area (Å²) in [4.78, 5) is 19.3. The number of amides is 2. The lowest BCUT2D eigenvalue weighted by Crippen LogP contribution is -2.45. The number of carbonyl (C=O) groups excluding carboxylic acids is 1. The number of carbonyl (C=O) groups is 1. The zero-order valence-corrected chi connectivity index (χ0v) is 19.2. The van der Waals surface area contributed by atoms with Gasteiger partial charge in [0.25, 0.3) is 5.89 Å². The van der Waals surface area contributed by atoms with Gasteiger partial charge in [0.1, 0.15) is 11.6 Å². The summed E-state index contributed by atoms with van der Waals surface area (Å²) in [6.07, 6.45) is 0. The van der Waals surface area contributed by atoms with Crippen LogP contribution in [0.3, 0.4) is 0 Å². The Bertz CT molecular complexity index is 1380. The maximum Gasteiger partial charge on any atom is 0.322 e. The lowest BCUT2D eigenvalue weighted by molar-refractivity contribution is 0.202. The molecule has 2 amide bonds. The number of nitrogens with zero attached hydrogens (tertiary/aromatic N) is 3. The number of urea groups is 1. The molecule has 7 nitrogen and oxygen atoms in total. The molecule has 3 aromatic carbocycles. The molecule has 1 N–H and O–H groups in total. The highest BCUT2D eigenvalue weighted by atomic mass is 19.1. The van der Waals surface area contributed by atoms with Crippen LogP contribution in [0.25, 0.3) is 17.0 Å².